The van der Waals surface area contributed by atoms with Gasteiger partial charge in [0.05, 0.1) is 25.3 Å². The summed E-state index contributed by atoms with van der Waals surface area (Å²) >= 11 is 0. The number of anilines is 5. The molecule has 0 saturated carbocycles. The van der Waals surface area contributed by atoms with E-state index in [-0.39, 0.29) is 16.8 Å². The lowest BCUT2D eigenvalue weighted by Gasteiger charge is -2.15. The van der Waals surface area contributed by atoms with Gasteiger partial charge in [0.25, 0.3) is 0 Å². The highest BCUT2D eigenvalue weighted by Crippen LogP contribution is 2.30. The summed E-state index contributed by atoms with van der Waals surface area (Å²) in [5, 5.41) is 6.25. The number of carbonyl (C=O) groups excluding carboxylic acids is 2. The van der Waals surface area contributed by atoms with Crippen LogP contribution in [0.25, 0.3) is 0 Å². The van der Waals surface area contributed by atoms with Crippen molar-refractivity contribution in [2.45, 2.75) is 13.8 Å². The molecule has 9 heteroatoms. The van der Waals surface area contributed by atoms with E-state index in [2.05, 4.69) is 20.6 Å². The Balaban J connectivity index is 1.96. The second-order valence-corrected chi connectivity index (χ2v) is 6.76. The van der Waals surface area contributed by atoms with Crippen molar-refractivity contribution in [1.29, 1.82) is 0 Å². The van der Waals surface area contributed by atoms with Gasteiger partial charge in [0, 0.05) is 11.4 Å². The van der Waals surface area contributed by atoms with E-state index in [4.69, 9.17) is 15.2 Å². The third-order valence-corrected chi connectivity index (χ3v) is 4.78. The monoisotopic (exact) mass is 421 g/mol. The number of hydrogen-bond acceptors (Lipinski definition) is 9. The van der Waals surface area contributed by atoms with Crippen LogP contribution in [0.1, 0.15) is 31.8 Å². The first-order chi connectivity index (χ1) is 14.8. The number of aromatic nitrogens is 2. The van der Waals surface area contributed by atoms with Gasteiger partial charge in [0.15, 0.2) is 11.6 Å². The molecule has 0 atom stereocenters. The number of nitrogens with zero attached hydrogens (tertiary/aromatic N) is 2. The number of benzene rings is 2. The topological polar surface area (TPSA) is 128 Å². The predicted molar refractivity (Wildman–Crippen MR) is 118 cm³/mol. The maximum atomic E-state index is 12.0. The fourth-order valence-electron chi connectivity index (χ4n) is 2.92. The van der Waals surface area contributed by atoms with Gasteiger partial charge in [0.2, 0.25) is 0 Å². The molecule has 0 aliphatic carbocycles. The SMILES string of the molecule is COC(=O)c1cc(Nc2ncnc(Nc3cccc(C)c3C)c2N)cc(C(=O)OC)c1. The summed E-state index contributed by atoms with van der Waals surface area (Å²) in [7, 11) is 2.52. The van der Waals surface area contributed by atoms with E-state index in [1.54, 1.807) is 0 Å². The average molecular weight is 421 g/mol. The van der Waals surface area contributed by atoms with Crippen molar-refractivity contribution < 1.29 is 19.1 Å². The van der Waals surface area contributed by atoms with Crippen molar-refractivity contribution in [3.63, 3.8) is 0 Å². The van der Waals surface area contributed by atoms with Crippen LogP contribution in [0.2, 0.25) is 0 Å². The number of methoxy groups -OCH3 is 2. The van der Waals surface area contributed by atoms with Crippen LogP contribution in [0.5, 0.6) is 0 Å². The Kier molecular flexibility index (Phi) is 6.35. The van der Waals surface area contributed by atoms with Crippen LogP contribution < -0.4 is 16.4 Å². The van der Waals surface area contributed by atoms with E-state index in [1.165, 1.54) is 38.7 Å². The number of nitrogen functional groups attached to an aromatic ring is 1. The summed E-state index contributed by atoms with van der Waals surface area (Å²) in [6, 6.07) is 10.3. The molecule has 31 heavy (non-hydrogen) atoms. The van der Waals surface area contributed by atoms with E-state index in [0.29, 0.717) is 17.3 Å². The molecule has 3 rings (SSSR count). The second-order valence-electron chi connectivity index (χ2n) is 6.76. The van der Waals surface area contributed by atoms with Gasteiger partial charge < -0.3 is 25.8 Å². The lowest BCUT2D eigenvalue weighted by molar-refractivity contribution is 0.0599. The maximum absolute atomic E-state index is 12.0. The fourth-order valence-corrected chi connectivity index (χ4v) is 2.92. The van der Waals surface area contributed by atoms with Crippen molar-refractivity contribution >= 4 is 40.6 Å². The predicted octanol–water partition coefficient (Wildman–Crippen LogP) is 3.74. The Morgan fingerprint density at radius 1 is 0.903 bits per heavy atom. The van der Waals surface area contributed by atoms with Crippen LogP contribution >= 0.6 is 0 Å². The standard InChI is InChI=1S/C22H23N5O4/c1-12-6-5-7-17(13(12)2)27-20-18(23)19(24-11-25-20)26-16-9-14(21(28)30-3)8-15(10-16)22(29)31-4/h5-11H,23H2,1-4H3,(H2,24,25,26,27). The molecule has 1 aromatic heterocycles. The lowest BCUT2D eigenvalue weighted by atomic mass is 10.1. The number of esters is 2. The number of hydrogen-bond donors (Lipinski definition) is 3. The van der Waals surface area contributed by atoms with Crippen molar-refractivity contribution in [1.82, 2.24) is 9.97 Å². The molecule has 0 aliphatic rings. The first-order valence-corrected chi connectivity index (χ1v) is 9.36. The van der Waals surface area contributed by atoms with Crippen molar-refractivity contribution in [2.24, 2.45) is 0 Å². The Morgan fingerprint density at radius 2 is 1.48 bits per heavy atom. The molecule has 0 saturated heterocycles. The second kappa shape index (κ2) is 9.12. The van der Waals surface area contributed by atoms with Crippen LogP contribution in [0.15, 0.2) is 42.7 Å². The summed E-state index contributed by atoms with van der Waals surface area (Å²) < 4.78 is 9.52. The minimum Gasteiger partial charge on any atom is -0.465 e. The largest absolute Gasteiger partial charge is 0.465 e. The van der Waals surface area contributed by atoms with Gasteiger partial charge in [-0.25, -0.2) is 19.6 Å². The molecule has 2 aromatic carbocycles. The fraction of sp³-hybridized carbons (Fsp3) is 0.182. The summed E-state index contributed by atoms with van der Waals surface area (Å²) in [5.74, 6) is -0.465. The minimum absolute atomic E-state index is 0.175. The Labute approximate surface area is 179 Å². The molecule has 160 valence electrons. The molecule has 0 spiro atoms. The summed E-state index contributed by atoms with van der Waals surface area (Å²) in [5.41, 5.74) is 10.4. The van der Waals surface area contributed by atoms with Crippen LogP contribution in [-0.2, 0) is 9.47 Å². The molecule has 4 N–H and O–H groups in total. The average Bonchev–Trinajstić information content (AvgIpc) is 2.78. The van der Waals surface area contributed by atoms with Crippen LogP contribution in [-0.4, -0.2) is 36.1 Å². The molecule has 0 fully saturated rings. The van der Waals surface area contributed by atoms with E-state index in [9.17, 15) is 9.59 Å². The minimum atomic E-state index is -0.596. The number of carbonyl (C=O) groups is 2. The zero-order chi connectivity index (χ0) is 22.5. The molecule has 0 radical (unpaired) electrons. The summed E-state index contributed by atoms with van der Waals surface area (Å²) in [6.07, 6.45) is 1.36. The van der Waals surface area contributed by atoms with Crippen molar-refractivity contribution in [3.8, 4) is 0 Å². The van der Waals surface area contributed by atoms with E-state index in [0.717, 1.165) is 16.8 Å². The van der Waals surface area contributed by atoms with Gasteiger partial charge in [-0.1, -0.05) is 12.1 Å². The molecule has 1 heterocycles. The summed E-state index contributed by atoms with van der Waals surface area (Å²) in [6.45, 7) is 4.02. The van der Waals surface area contributed by atoms with Crippen molar-refractivity contribution in [2.75, 3.05) is 30.6 Å². The highest BCUT2D eigenvalue weighted by atomic mass is 16.5. The number of aryl methyl sites for hydroxylation is 1. The molecule has 0 aliphatic heterocycles. The van der Waals surface area contributed by atoms with Crippen LogP contribution in [0.4, 0.5) is 28.7 Å². The van der Waals surface area contributed by atoms with E-state index >= 15 is 0 Å². The molecule has 0 unspecified atom stereocenters. The van der Waals surface area contributed by atoms with Gasteiger partial charge in [-0.15, -0.1) is 0 Å². The molecule has 9 nitrogen and oxygen atoms in total. The number of ether oxygens (including phenoxy) is 2. The number of nitrogens with two attached hydrogens (primary N) is 1. The van der Waals surface area contributed by atoms with E-state index < -0.39 is 11.9 Å². The number of rotatable bonds is 6. The van der Waals surface area contributed by atoms with Gasteiger partial charge in [-0.3, -0.25) is 0 Å². The smallest absolute Gasteiger partial charge is 0.337 e. The van der Waals surface area contributed by atoms with Crippen LogP contribution in [0.3, 0.4) is 0 Å². The van der Waals surface area contributed by atoms with Gasteiger partial charge in [-0.05, 0) is 49.2 Å². The number of nitrogens with one attached hydrogen (secondary N) is 2. The summed E-state index contributed by atoms with van der Waals surface area (Å²) in [4.78, 5) is 32.4. The van der Waals surface area contributed by atoms with Gasteiger partial charge >= 0.3 is 11.9 Å². The molecular formula is C22H23N5O4. The molecule has 0 bridgehead atoms. The molecule has 3 aromatic rings. The Bertz CT molecular complexity index is 1110. The quantitative estimate of drug-likeness (QED) is 0.510. The first-order valence-electron chi connectivity index (χ1n) is 9.36. The normalized spacial score (nSPS) is 10.3. The van der Waals surface area contributed by atoms with Crippen LogP contribution in [0, 0.1) is 13.8 Å². The van der Waals surface area contributed by atoms with Gasteiger partial charge in [0.1, 0.15) is 12.0 Å². The van der Waals surface area contributed by atoms with Gasteiger partial charge in [-0.2, -0.15) is 0 Å². The lowest BCUT2D eigenvalue weighted by Crippen LogP contribution is -2.09. The zero-order valence-corrected chi connectivity index (χ0v) is 17.6. The molecule has 0 amide bonds. The first kappa shape index (κ1) is 21.6. The van der Waals surface area contributed by atoms with E-state index in [1.807, 2.05) is 32.0 Å². The maximum Gasteiger partial charge on any atom is 0.337 e. The Morgan fingerprint density at radius 3 is 2.06 bits per heavy atom. The highest BCUT2D eigenvalue weighted by molar-refractivity contribution is 5.97. The Hall–Kier alpha value is -4.14. The van der Waals surface area contributed by atoms with Crippen molar-refractivity contribution in [3.05, 3.63) is 65.0 Å². The third-order valence-electron chi connectivity index (χ3n) is 4.78. The third kappa shape index (κ3) is 4.72. The molecular weight excluding hydrogens is 398 g/mol. The zero-order valence-electron chi connectivity index (χ0n) is 17.6. The highest BCUT2D eigenvalue weighted by Gasteiger charge is 2.16.